The average molecular weight is 332 g/mol. The molecule has 0 saturated heterocycles. The Kier molecular flexibility index (Phi) is 17.7. The normalized spacial score (nSPS) is 10.7. The second-order valence-electron chi connectivity index (χ2n) is 4.51. The molecule has 0 saturated carbocycles. The van der Waals surface area contributed by atoms with Gasteiger partial charge in [0, 0.05) is 17.9 Å². The molecule has 0 radical (unpaired) electrons. The van der Waals surface area contributed by atoms with Gasteiger partial charge in [-0.15, -0.1) is 0 Å². The maximum absolute atomic E-state index is 10.2. The minimum Gasteiger partial charge on any atom is -0.748 e. The maximum atomic E-state index is 10.2. The Labute approximate surface area is 147 Å². The number of hydrogen-bond acceptors (Lipinski definition) is 5. The van der Waals surface area contributed by atoms with Crippen molar-refractivity contribution in [3.05, 3.63) is 12.2 Å². The van der Waals surface area contributed by atoms with E-state index in [1.54, 1.807) is 0 Å². The van der Waals surface area contributed by atoms with Crippen molar-refractivity contribution in [1.82, 2.24) is 0 Å². The molecule has 7 nitrogen and oxygen atoms in total. The summed E-state index contributed by atoms with van der Waals surface area (Å²) in [5, 5.41) is 15.6. The fourth-order valence-corrected chi connectivity index (χ4v) is 1.71. The zero-order valence-electron chi connectivity index (χ0n) is 12.6. The Hall–Kier alpha value is -0.410. The van der Waals surface area contributed by atoms with E-state index in [9.17, 15) is 22.6 Å². The van der Waals surface area contributed by atoms with Crippen LogP contribution >= 0.6 is 0 Å². The molecule has 0 heterocycles. The van der Waals surface area contributed by atoms with E-state index in [2.05, 4.69) is 13.8 Å². The molecule has 118 valence electrons. The number of carboxylic acid groups (broad SMARTS) is 2. The van der Waals surface area contributed by atoms with Crippen LogP contribution in [0.15, 0.2) is 12.2 Å². The van der Waals surface area contributed by atoms with Crippen LogP contribution in [0.1, 0.15) is 39.5 Å². The summed E-state index contributed by atoms with van der Waals surface area (Å²) in [7, 11) is -3.97. The van der Waals surface area contributed by atoms with Gasteiger partial charge in [0.25, 0.3) is 0 Å². The van der Waals surface area contributed by atoms with Crippen LogP contribution < -0.4 is 29.6 Å². The SMILES string of the molecule is CC(C)CCCCCS(=O)(=O)[O-].O=C(O)/C=C\C(=O)O.[Na+]. The van der Waals surface area contributed by atoms with Crippen molar-refractivity contribution in [2.45, 2.75) is 39.5 Å². The predicted octanol–water partition coefficient (Wildman–Crippen LogP) is -1.54. The monoisotopic (exact) mass is 332 g/mol. The van der Waals surface area contributed by atoms with Gasteiger partial charge in [0.2, 0.25) is 0 Å². The first-order chi connectivity index (χ1) is 9.04. The molecule has 0 aliphatic carbocycles. The molecular weight excluding hydrogens is 311 g/mol. The number of rotatable bonds is 8. The smallest absolute Gasteiger partial charge is 0.748 e. The van der Waals surface area contributed by atoms with Crippen LogP contribution in [-0.4, -0.2) is 40.9 Å². The summed E-state index contributed by atoms with van der Waals surface area (Å²) in [5.41, 5.74) is 0. The zero-order chi connectivity index (χ0) is 16.2. The van der Waals surface area contributed by atoms with Crippen molar-refractivity contribution in [2.75, 3.05) is 5.75 Å². The Morgan fingerprint density at radius 3 is 1.76 bits per heavy atom. The van der Waals surface area contributed by atoms with Crippen LogP contribution in [0, 0.1) is 5.92 Å². The molecule has 0 atom stereocenters. The van der Waals surface area contributed by atoms with Crippen molar-refractivity contribution in [1.29, 1.82) is 0 Å². The molecule has 0 unspecified atom stereocenters. The molecule has 0 rings (SSSR count). The second kappa shape index (κ2) is 14.5. The summed E-state index contributed by atoms with van der Waals surface area (Å²) in [6.45, 7) is 4.26. The van der Waals surface area contributed by atoms with E-state index in [4.69, 9.17) is 10.2 Å². The summed E-state index contributed by atoms with van der Waals surface area (Å²) in [6.07, 6.45) is 4.61. The van der Waals surface area contributed by atoms with Gasteiger partial charge in [-0.05, 0) is 12.3 Å². The fraction of sp³-hybridized carbons (Fsp3) is 0.667. The molecule has 0 aromatic carbocycles. The van der Waals surface area contributed by atoms with E-state index in [-0.39, 0.29) is 35.3 Å². The van der Waals surface area contributed by atoms with Gasteiger partial charge >= 0.3 is 41.5 Å². The van der Waals surface area contributed by atoms with E-state index >= 15 is 0 Å². The molecule has 21 heavy (non-hydrogen) atoms. The number of hydrogen-bond donors (Lipinski definition) is 2. The molecule has 0 aliphatic heterocycles. The molecule has 0 aliphatic rings. The van der Waals surface area contributed by atoms with Gasteiger partial charge in [0.05, 0.1) is 10.1 Å². The Bertz CT molecular complexity index is 399. The molecule has 0 aromatic heterocycles. The summed E-state index contributed by atoms with van der Waals surface area (Å²) in [6, 6.07) is 0. The second-order valence-corrected chi connectivity index (χ2v) is 6.04. The number of carbonyl (C=O) groups is 2. The molecule has 0 fully saturated rings. The van der Waals surface area contributed by atoms with Crippen LogP contribution in [-0.2, 0) is 19.7 Å². The van der Waals surface area contributed by atoms with Crippen LogP contribution in [0.25, 0.3) is 0 Å². The van der Waals surface area contributed by atoms with Crippen molar-refractivity contribution in [2.24, 2.45) is 5.92 Å². The number of carboxylic acids is 2. The molecule has 0 spiro atoms. The first-order valence-corrected chi connectivity index (χ1v) is 7.70. The van der Waals surface area contributed by atoms with E-state index in [1.807, 2.05) is 0 Å². The van der Waals surface area contributed by atoms with Crippen molar-refractivity contribution in [3.8, 4) is 0 Å². The van der Waals surface area contributed by atoms with Crippen LogP contribution in [0.4, 0.5) is 0 Å². The van der Waals surface area contributed by atoms with Gasteiger partial charge in [0.15, 0.2) is 0 Å². The molecule has 0 amide bonds. The number of unbranched alkanes of at least 4 members (excludes halogenated alkanes) is 2. The average Bonchev–Trinajstić information content (AvgIpc) is 2.24. The van der Waals surface area contributed by atoms with Gasteiger partial charge in [-0.1, -0.05) is 33.1 Å². The van der Waals surface area contributed by atoms with Crippen LogP contribution in [0.5, 0.6) is 0 Å². The first kappa shape index (κ1) is 25.5. The first-order valence-electron chi connectivity index (χ1n) is 6.12. The minimum atomic E-state index is -3.97. The topological polar surface area (TPSA) is 132 Å². The van der Waals surface area contributed by atoms with Gasteiger partial charge in [0.1, 0.15) is 0 Å². The van der Waals surface area contributed by atoms with Crippen molar-refractivity contribution < 1.29 is 62.3 Å². The largest absolute Gasteiger partial charge is 1.00 e. The number of aliphatic carboxylic acids is 2. The van der Waals surface area contributed by atoms with E-state index in [0.717, 1.165) is 19.3 Å². The molecule has 9 heteroatoms. The summed E-state index contributed by atoms with van der Waals surface area (Å²) in [5.74, 6) is -2.06. The summed E-state index contributed by atoms with van der Waals surface area (Å²) in [4.78, 5) is 19.1. The van der Waals surface area contributed by atoms with Gasteiger partial charge in [-0.2, -0.15) is 0 Å². The van der Waals surface area contributed by atoms with Crippen molar-refractivity contribution >= 4 is 22.1 Å². The Morgan fingerprint density at radius 1 is 1.05 bits per heavy atom. The third-order valence-electron chi connectivity index (χ3n) is 2.04. The molecular formula is C12H21NaO7S. The standard InChI is InChI=1S/C8H18O3S.C4H4O4.Na/c1-8(2)6-4-3-5-7-12(9,10)11;5-3(6)1-2-4(7)8;/h8H,3-7H2,1-2H3,(H,9,10,11);1-2H,(H,5,6)(H,7,8);/q;;+1/p-1/b;2-1-;. The third kappa shape index (κ3) is 32.8. The van der Waals surface area contributed by atoms with Crippen LogP contribution in [0.2, 0.25) is 0 Å². The zero-order valence-corrected chi connectivity index (χ0v) is 15.4. The van der Waals surface area contributed by atoms with Gasteiger partial charge in [-0.25, -0.2) is 18.0 Å². The fourth-order valence-electron chi connectivity index (χ4n) is 1.15. The maximum Gasteiger partial charge on any atom is 1.00 e. The van der Waals surface area contributed by atoms with Crippen LogP contribution in [0.3, 0.4) is 0 Å². The third-order valence-corrected chi connectivity index (χ3v) is 2.83. The van der Waals surface area contributed by atoms with Crippen molar-refractivity contribution in [3.63, 3.8) is 0 Å². The van der Waals surface area contributed by atoms with Gasteiger partial charge in [-0.3, -0.25) is 0 Å². The predicted molar refractivity (Wildman–Crippen MR) is 72.3 cm³/mol. The summed E-state index contributed by atoms with van der Waals surface area (Å²) < 4.78 is 30.5. The van der Waals surface area contributed by atoms with E-state index in [1.165, 1.54) is 0 Å². The molecule has 0 aromatic rings. The molecule has 0 bridgehead atoms. The summed E-state index contributed by atoms with van der Waals surface area (Å²) >= 11 is 0. The Balaban J connectivity index is -0.000000317. The van der Waals surface area contributed by atoms with E-state index in [0.29, 0.717) is 24.5 Å². The Morgan fingerprint density at radius 2 is 1.48 bits per heavy atom. The quantitative estimate of drug-likeness (QED) is 0.238. The van der Waals surface area contributed by atoms with E-state index < -0.39 is 22.1 Å². The molecule has 2 N–H and O–H groups in total. The van der Waals surface area contributed by atoms with Gasteiger partial charge < -0.3 is 14.8 Å². The minimum absolute atomic E-state index is 0.